The van der Waals surface area contributed by atoms with Crippen molar-refractivity contribution in [2.75, 3.05) is 0 Å². The standard InChI is InChI=1S/C11H12N2O/c1-9-6-12-13(7-9)11-5-3-2-4-10(11)8-14/h2-7,14H,8H2,1H3. The zero-order chi connectivity index (χ0) is 9.97. The highest BCUT2D eigenvalue weighted by molar-refractivity contribution is 5.40. The smallest absolute Gasteiger partial charge is 0.0702 e. The maximum Gasteiger partial charge on any atom is 0.0702 e. The number of aliphatic hydroxyl groups is 1. The second-order valence-electron chi connectivity index (χ2n) is 3.25. The minimum absolute atomic E-state index is 0.0368. The van der Waals surface area contributed by atoms with E-state index in [4.69, 9.17) is 5.11 Å². The Bertz CT molecular complexity index is 434. The average molecular weight is 188 g/mol. The molecule has 0 atom stereocenters. The first-order chi connectivity index (χ1) is 6.81. The quantitative estimate of drug-likeness (QED) is 0.778. The summed E-state index contributed by atoms with van der Waals surface area (Å²) in [6.07, 6.45) is 3.74. The number of aryl methyl sites for hydroxylation is 1. The molecule has 2 rings (SSSR count). The molecule has 0 aliphatic heterocycles. The van der Waals surface area contributed by atoms with Gasteiger partial charge in [0.2, 0.25) is 0 Å². The summed E-state index contributed by atoms with van der Waals surface area (Å²) in [6.45, 7) is 2.03. The van der Waals surface area contributed by atoms with Crippen molar-refractivity contribution in [1.29, 1.82) is 0 Å². The van der Waals surface area contributed by atoms with Crippen molar-refractivity contribution in [3.63, 3.8) is 0 Å². The van der Waals surface area contributed by atoms with E-state index in [9.17, 15) is 0 Å². The number of hydrogen-bond donors (Lipinski definition) is 1. The summed E-state index contributed by atoms with van der Waals surface area (Å²) in [5.41, 5.74) is 2.93. The summed E-state index contributed by atoms with van der Waals surface area (Å²) in [7, 11) is 0. The van der Waals surface area contributed by atoms with E-state index in [1.165, 1.54) is 0 Å². The highest BCUT2D eigenvalue weighted by Gasteiger charge is 2.02. The van der Waals surface area contributed by atoms with Crippen molar-refractivity contribution >= 4 is 0 Å². The van der Waals surface area contributed by atoms with E-state index < -0.39 is 0 Å². The largest absolute Gasteiger partial charge is 0.392 e. The van der Waals surface area contributed by atoms with Gasteiger partial charge in [-0.1, -0.05) is 18.2 Å². The highest BCUT2D eigenvalue weighted by atomic mass is 16.3. The fourth-order valence-electron chi connectivity index (χ4n) is 1.41. The van der Waals surface area contributed by atoms with Crippen LogP contribution in [0.25, 0.3) is 5.69 Å². The molecule has 1 N–H and O–H groups in total. The summed E-state index contributed by atoms with van der Waals surface area (Å²) in [6, 6.07) is 7.68. The molecule has 72 valence electrons. The number of hydrogen-bond acceptors (Lipinski definition) is 2. The van der Waals surface area contributed by atoms with Crippen LogP contribution in [0.3, 0.4) is 0 Å². The number of aliphatic hydroxyl groups excluding tert-OH is 1. The van der Waals surface area contributed by atoms with Crippen LogP contribution in [-0.4, -0.2) is 14.9 Å². The van der Waals surface area contributed by atoms with Crippen LogP contribution in [-0.2, 0) is 6.61 Å². The molecule has 1 aromatic carbocycles. The van der Waals surface area contributed by atoms with E-state index in [1.807, 2.05) is 37.4 Å². The molecule has 0 aliphatic rings. The maximum atomic E-state index is 9.15. The number of nitrogens with zero attached hydrogens (tertiary/aromatic N) is 2. The maximum absolute atomic E-state index is 9.15. The van der Waals surface area contributed by atoms with Gasteiger partial charge < -0.3 is 5.11 Å². The fraction of sp³-hybridized carbons (Fsp3) is 0.182. The molecular formula is C11H12N2O. The highest BCUT2D eigenvalue weighted by Crippen LogP contribution is 2.13. The minimum atomic E-state index is 0.0368. The number of aromatic nitrogens is 2. The predicted molar refractivity (Wildman–Crippen MR) is 54.2 cm³/mol. The SMILES string of the molecule is Cc1cnn(-c2ccccc2CO)c1. The molecule has 1 aromatic heterocycles. The Kier molecular flexibility index (Phi) is 2.33. The van der Waals surface area contributed by atoms with Gasteiger partial charge in [-0.05, 0) is 18.6 Å². The Balaban J connectivity index is 2.50. The minimum Gasteiger partial charge on any atom is -0.392 e. The predicted octanol–water partition coefficient (Wildman–Crippen LogP) is 1.67. The first kappa shape index (κ1) is 8.97. The molecule has 3 nitrogen and oxygen atoms in total. The normalized spacial score (nSPS) is 10.4. The lowest BCUT2D eigenvalue weighted by Gasteiger charge is -2.05. The van der Waals surface area contributed by atoms with Crippen molar-refractivity contribution in [2.24, 2.45) is 0 Å². The van der Waals surface area contributed by atoms with Gasteiger partial charge in [-0.2, -0.15) is 5.10 Å². The summed E-state index contributed by atoms with van der Waals surface area (Å²) in [5, 5.41) is 13.3. The van der Waals surface area contributed by atoms with E-state index in [0.29, 0.717) is 0 Å². The zero-order valence-electron chi connectivity index (χ0n) is 8.01. The van der Waals surface area contributed by atoms with Crippen molar-refractivity contribution in [3.8, 4) is 5.69 Å². The Hall–Kier alpha value is -1.61. The van der Waals surface area contributed by atoms with Gasteiger partial charge in [0.05, 0.1) is 18.5 Å². The topological polar surface area (TPSA) is 38.0 Å². The molecule has 0 unspecified atom stereocenters. The molecule has 2 aromatic rings. The number of para-hydroxylation sites is 1. The van der Waals surface area contributed by atoms with Gasteiger partial charge in [0.1, 0.15) is 0 Å². The van der Waals surface area contributed by atoms with Crippen molar-refractivity contribution in [3.05, 3.63) is 47.8 Å². The van der Waals surface area contributed by atoms with E-state index in [2.05, 4.69) is 5.10 Å². The number of rotatable bonds is 2. The summed E-state index contributed by atoms with van der Waals surface area (Å²) < 4.78 is 1.78. The van der Waals surface area contributed by atoms with Crippen LogP contribution in [0.15, 0.2) is 36.7 Å². The fourth-order valence-corrected chi connectivity index (χ4v) is 1.41. The van der Waals surface area contributed by atoms with Crippen LogP contribution >= 0.6 is 0 Å². The van der Waals surface area contributed by atoms with Crippen LogP contribution in [0.1, 0.15) is 11.1 Å². The summed E-state index contributed by atoms with van der Waals surface area (Å²) in [5.74, 6) is 0. The van der Waals surface area contributed by atoms with Crippen molar-refractivity contribution in [2.45, 2.75) is 13.5 Å². The first-order valence-corrected chi connectivity index (χ1v) is 4.51. The lowest BCUT2D eigenvalue weighted by Crippen LogP contribution is -1.99. The molecule has 0 spiro atoms. The van der Waals surface area contributed by atoms with Gasteiger partial charge in [0.25, 0.3) is 0 Å². The Labute approximate surface area is 82.6 Å². The third-order valence-electron chi connectivity index (χ3n) is 2.12. The molecule has 0 radical (unpaired) electrons. The zero-order valence-corrected chi connectivity index (χ0v) is 8.01. The molecule has 0 saturated heterocycles. The van der Waals surface area contributed by atoms with Crippen LogP contribution in [0.2, 0.25) is 0 Å². The van der Waals surface area contributed by atoms with E-state index in [1.54, 1.807) is 10.9 Å². The molecule has 0 saturated carbocycles. The molecule has 14 heavy (non-hydrogen) atoms. The van der Waals surface area contributed by atoms with Gasteiger partial charge >= 0.3 is 0 Å². The Morgan fingerprint density at radius 1 is 1.36 bits per heavy atom. The molecule has 0 fully saturated rings. The number of benzene rings is 1. The lowest BCUT2D eigenvalue weighted by atomic mass is 10.2. The van der Waals surface area contributed by atoms with E-state index in [0.717, 1.165) is 16.8 Å². The molecular weight excluding hydrogens is 176 g/mol. The van der Waals surface area contributed by atoms with Crippen LogP contribution in [0.5, 0.6) is 0 Å². The van der Waals surface area contributed by atoms with Gasteiger partial charge in [-0.3, -0.25) is 0 Å². The van der Waals surface area contributed by atoms with Gasteiger partial charge in [0, 0.05) is 11.8 Å². The van der Waals surface area contributed by atoms with E-state index in [-0.39, 0.29) is 6.61 Å². The molecule has 1 heterocycles. The lowest BCUT2D eigenvalue weighted by molar-refractivity contribution is 0.281. The summed E-state index contributed by atoms with van der Waals surface area (Å²) >= 11 is 0. The van der Waals surface area contributed by atoms with Crippen LogP contribution in [0.4, 0.5) is 0 Å². The van der Waals surface area contributed by atoms with Crippen molar-refractivity contribution in [1.82, 2.24) is 9.78 Å². The van der Waals surface area contributed by atoms with Gasteiger partial charge in [-0.25, -0.2) is 4.68 Å². The Morgan fingerprint density at radius 3 is 2.79 bits per heavy atom. The third kappa shape index (κ3) is 1.54. The molecule has 0 aliphatic carbocycles. The first-order valence-electron chi connectivity index (χ1n) is 4.51. The second kappa shape index (κ2) is 3.64. The summed E-state index contributed by atoms with van der Waals surface area (Å²) in [4.78, 5) is 0. The monoisotopic (exact) mass is 188 g/mol. The van der Waals surface area contributed by atoms with Crippen LogP contribution < -0.4 is 0 Å². The third-order valence-corrected chi connectivity index (χ3v) is 2.12. The average Bonchev–Trinajstić information content (AvgIpc) is 2.65. The molecule has 0 amide bonds. The van der Waals surface area contributed by atoms with Gasteiger partial charge in [0.15, 0.2) is 0 Å². The molecule has 0 bridgehead atoms. The molecule has 3 heteroatoms. The van der Waals surface area contributed by atoms with Gasteiger partial charge in [-0.15, -0.1) is 0 Å². The Morgan fingerprint density at radius 2 is 2.14 bits per heavy atom. The van der Waals surface area contributed by atoms with E-state index >= 15 is 0 Å². The van der Waals surface area contributed by atoms with Crippen molar-refractivity contribution < 1.29 is 5.11 Å². The van der Waals surface area contributed by atoms with Crippen LogP contribution in [0, 0.1) is 6.92 Å². The second-order valence-corrected chi connectivity index (χ2v) is 3.25.